The maximum Gasteiger partial charge on any atom is 0.297 e. The molecule has 1 aromatic carbocycles. The Kier molecular flexibility index (Phi) is 2.76. The van der Waals surface area contributed by atoms with Gasteiger partial charge in [0.15, 0.2) is 0 Å². The molecule has 4 aromatic rings. The van der Waals surface area contributed by atoms with Crippen molar-refractivity contribution in [2.75, 3.05) is 0 Å². The first-order chi connectivity index (χ1) is 10.7. The summed E-state index contributed by atoms with van der Waals surface area (Å²) in [6.45, 7) is 2.14. The van der Waals surface area contributed by atoms with Crippen molar-refractivity contribution in [3.8, 4) is 5.82 Å². The number of benzene rings is 1. The third kappa shape index (κ3) is 1.69. The number of rotatable bonds is 1. The largest absolute Gasteiger partial charge is 0.297 e. The summed E-state index contributed by atoms with van der Waals surface area (Å²) in [5.41, 5.74) is 3.69. The molecule has 0 unspecified atom stereocenters. The number of fused-ring (bicyclic) bond motifs is 3. The lowest BCUT2D eigenvalue weighted by atomic mass is 10.2. The summed E-state index contributed by atoms with van der Waals surface area (Å²) in [6, 6.07) is 19.3. The second-order valence-electron chi connectivity index (χ2n) is 5.79. The van der Waals surface area contributed by atoms with Crippen molar-refractivity contribution in [2.45, 2.75) is 6.92 Å². The highest BCUT2D eigenvalue weighted by Gasteiger charge is 2.24. The summed E-state index contributed by atoms with van der Waals surface area (Å²) in [4.78, 5) is 0. The molecule has 3 aromatic heterocycles. The van der Waals surface area contributed by atoms with E-state index in [1.54, 1.807) is 0 Å². The van der Waals surface area contributed by atoms with Crippen molar-refractivity contribution < 1.29 is 9.13 Å². The Balaban J connectivity index is 2.27. The summed E-state index contributed by atoms with van der Waals surface area (Å²) >= 11 is 0. The quantitative estimate of drug-likeness (QED) is 0.478. The van der Waals surface area contributed by atoms with Gasteiger partial charge in [-0.2, -0.15) is 4.57 Å². The second kappa shape index (κ2) is 4.67. The Morgan fingerprint density at radius 3 is 2.45 bits per heavy atom. The van der Waals surface area contributed by atoms with E-state index in [-0.39, 0.29) is 0 Å². The fourth-order valence-corrected chi connectivity index (χ4v) is 3.24. The van der Waals surface area contributed by atoms with Crippen molar-refractivity contribution in [3.05, 3.63) is 66.5 Å². The minimum atomic E-state index is 1.17. The van der Waals surface area contributed by atoms with Gasteiger partial charge in [-0.3, -0.25) is 0 Å². The summed E-state index contributed by atoms with van der Waals surface area (Å²) in [7, 11) is 4.22. The molecule has 4 rings (SSSR count). The minimum absolute atomic E-state index is 1.17. The van der Waals surface area contributed by atoms with Gasteiger partial charge in [0.05, 0.1) is 25.7 Å². The van der Waals surface area contributed by atoms with Gasteiger partial charge in [-0.05, 0) is 37.3 Å². The van der Waals surface area contributed by atoms with Crippen LogP contribution in [0.3, 0.4) is 0 Å². The number of aryl methyl sites for hydroxylation is 2. The molecule has 3 nitrogen and oxygen atoms in total. The van der Waals surface area contributed by atoms with E-state index >= 15 is 0 Å². The van der Waals surface area contributed by atoms with Crippen molar-refractivity contribution >= 4 is 21.9 Å². The molecule has 3 heterocycles. The highest BCUT2D eigenvalue weighted by molar-refractivity contribution is 6.06. The SMILES string of the molecule is Cc1cccc(-n2c3ccccc3c3ccc[n+](C)c32)[n+]1C. The number of aromatic nitrogens is 3. The van der Waals surface area contributed by atoms with Gasteiger partial charge in [-0.15, -0.1) is 0 Å². The van der Waals surface area contributed by atoms with Gasteiger partial charge in [0.2, 0.25) is 0 Å². The van der Waals surface area contributed by atoms with Crippen LogP contribution >= 0.6 is 0 Å². The van der Waals surface area contributed by atoms with Crippen LogP contribution in [0.2, 0.25) is 0 Å². The lowest BCUT2D eigenvalue weighted by Crippen LogP contribution is -2.39. The van der Waals surface area contributed by atoms with Gasteiger partial charge in [0.25, 0.3) is 11.5 Å². The molecule has 0 spiro atoms. The van der Waals surface area contributed by atoms with E-state index in [0.717, 1.165) is 0 Å². The van der Waals surface area contributed by atoms with Crippen molar-refractivity contribution in [1.82, 2.24) is 4.57 Å². The fourth-order valence-electron chi connectivity index (χ4n) is 3.24. The van der Waals surface area contributed by atoms with Crippen LogP contribution < -0.4 is 9.13 Å². The molecule has 0 fully saturated rings. The lowest BCUT2D eigenvalue weighted by Gasteiger charge is -2.05. The molecule has 0 aliphatic rings. The first kappa shape index (κ1) is 13.0. The molecule has 22 heavy (non-hydrogen) atoms. The predicted molar refractivity (Wildman–Crippen MR) is 87.9 cm³/mol. The highest BCUT2D eigenvalue weighted by Crippen LogP contribution is 2.28. The second-order valence-corrected chi connectivity index (χ2v) is 5.79. The monoisotopic (exact) mass is 289 g/mol. The van der Waals surface area contributed by atoms with Crippen LogP contribution in [0.1, 0.15) is 5.69 Å². The topological polar surface area (TPSA) is 12.7 Å². The van der Waals surface area contributed by atoms with Gasteiger partial charge >= 0.3 is 0 Å². The van der Waals surface area contributed by atoms with Gasteiger partial charge in [0, 0.05) is 11.5 Å². The molecule has 0 aliphatic carbocycles. The summed E-state index contributed by atoms with van der Waals surface area (Å²) < 4.78 is 6.77. The molecular formula is C19H19N3+2. The van der Waals surface area contributed by atoms with E-state index in [4.69, 9.17) is 0 Å². The Bertz CT molecular complexity index is 1010. The van der Waals surface area contributed by atoms with Crippen molar-refractivity contribution in [3.63, 3.8) is 0 Å². The number of para-hydroxylation sites is 1. The van der Waals surface area contributed by atoms with Gasteiger partial charge in [-0.25, -0.2) is 9.13 Å². The van der Waals surface area contributed by atoms with E-state index in [9.17, 15) is 0 Å². The van der Waals surface area contributed by atoms with Gasteiger partial charge in [0.1, 0.15) is 11.2 Å². The Labute approximate surface area is 129 Å². The molecule has 0 radical (unpaired) electrons. The predicted octanol–water partition coefficient (Wildman–Crippen LogP) is 2.74. The molecule has 0 bridgehead atoms. The summed E-state index contributed by atoms with van der Waals surface area (Å²) in [5.74, 6) is 1.17. The van der Waals surface area contributed by atoms with Crippen LogP contribution in [-0.2, 0) is 14.1 Å². The summed E-state index contributed by atoms with van der Waals surface area (Å²) in [6.07, 6.45) is 2.10. The van der Waals surface area contributed by atoms with E-state index in [1.807, 2.05) is 0 Å². The average Bonchev–Trinajstić information content (AvgIpc) is 2.86. The molecule has 0 atom stereocenters. The van der Waals surface area contributed by atoms with E-state index in [0.29, 0.717) is 0 Å². The molecule has 0 saturated heterocycles. The standard InChI is InChI=1S/C19H19N3/c1-14-8-6-12-18(21(14)3)22-17-11-5-4-9-15(17)16-10-7-13-20(2)19(16)22/h4-13H,1-3H3/q+2. The smallest absolute Gasteiger partial charge is 0.236 e. The molecule has 0 aliphatic heterocycles. The number of nitrogens with zero attached hydrogens (tertiary/aromatic N) is 3. The van der Waals surface area contributed by atoms with Crippen molar-refractivity contribution in [1.29, 1.82) is 0 Å². The normalized spacial score (nSPS) is 11.4. The van der Waals surface area contributed by atoms with Crippen LogP contribution in [0.5, 0.6) is 0 Å². The van der Waals surface area contributed by atoms with E-state index in [1.165, 1.54) is 33.4 Å². The first-order valence-corrected chi connectivity index (χ1v) is 7.52. The molecular weight excluding hydrogens is 270 g/mol. The van der Waals surface area contributed by atoms with E-state index in [2.05, 4.69) is 95.5 Å². The zero-order valence-corrected chi connectivity index (χ0v) is 13.1. The average molecular weight is 289 g/mol. The zero-order valence-electron chi connectivity index (χ0n) is 13.1. The Morgan fingerprint density at radius 2 is 1.59 bits per heavy atom. The lowest BCUT2D eigenvalue weighted by molar-refractivity contribution is -0.674. The molecule has 108 valence electrons. The first-order valence-electron chi connectivity index (χ1n) is 7.52. The summed E-state index contributed by atoms with van der Waals surface area (Å²) in [5, 5.41) is 2.57. The van der Waals surface area contributed by atoms with Crippen LogP contribution in [0, 0.1) is 6.92 Å². The highest BCUT2D eigenvalue weighted by atomic mass is 15.2. The number of hydrogen-bond donors (Lipinski definition) is 0. The zero-order chi connectivity index (χ0) is 15.3. The van der Waals surface area contributed by atoms with Crippen LogP contribution in [0.15, 0.2) is 60.8 Å². The molecule has 0 amide bonds. The minimum Gasteiger partial charge on any atom is -0.236 e. The van der Waals surface area contributed by atoms with Crippen LogP contribution in [-0.4, -0.2) is 4.57 Å². The molecule has 3 heteroatoms. The van der Waals surface area contributed by atoms with E-state index < -0.39 is 0 Å². The number of hydrogen-bond acceptors (Lipinski definition) is 0. The van der Waals surface area contributed by atoms with Gasteiger partial charge < -0.3 is 0 Å². The Hall–Kier alpha value is -2.68. The third-order valence-corrected chi connectivity index (χ3v) is 4.48. The Morgan fingerprint density at radius 1 is 0.818 bits per heavy atom. The molecule has 0 N–H and O–H groups in total. The maximum absolute atomic E-state index is 2.34. The fraction of sp³-hybridized carbons (Fsp3) is 0.158. The van der Waals surface area contributed by atoms with Crippen molar-refractivity contribution in [2.24, 2.45) is 14.1 Å². The van der Waals surface area contributed by atoms with Crippen LogP contribution in [0.25, 0.3) is 27.8 Å². The van der Waals surface area contributed by atoms with Crippen LogP contribution in [0.4, 0.5) is 0 Å². The third-order valence-electron chi connectivity index (χ3n) is 4.48. The number of pyridine rings is 2. The molecule has 0 saturated carbocycles. The van der Waals surface area contributed by atoms with Gasteiger partial charge in [-0.1, -0.05) is 18.2 Å². The maximum atomic E-state index is 2.34.